The first-order valence-corrected chi connectivity index (χ1v) is 6.79. The summed E-state index contributed by atoms with van der Waals surface area (Å²) in [4.78, 5) is 0. The molecule has 0 fully saturated rings. The average Bonchev–Trinajstić information content (AvgIpc) is 2.40. The lowest BCUT2D eigenvalue weighted by Crippen LogP contribution is -2.00. The van der Waals surface area contributed by atoms with E-state index >= 15 is 0 Å². The highest BCUT2D eigenvalue weighted by atomic mass is 79.9. The number of hydrogen-bond acceptors (Lipinski definition) is 1. The van der Waals surface area contributed by atoms with Crippen molar-refractivity contribution in [1.29, 1.82) is 0 Å². The quantitative estimate of drug-likeness (QED) is 0.754. The Morgan fingerprint density at radius 3 is 2.42 bits per heavy atom. The van der Waals surface area contributed by atoms with Crippen LogP contribution in [0, 0.1) is 0 Å². The van der Waals surface area contributed by atoms with Crippen molar-refractivity contribution in [2.75, 3.05) is 5.32 Å². The predicted molar refractivity (Wildman–Crippen MR) is 77.9 cm³/mol. The molecule has 2 rings (SSSR count). The van der Waals surface area contributed by atoms with E-state index in [0.717, 1.165) is 15.7 Å². The van der Waals surface area contributed by atoms with Crippen LogP contribution in [-0.4, -0.2) is 0 Å². The molecule has 0 aliphatic carbocycles. The highest BCUT2D eigenvalue weighted by Crippen LogP contribution is 2.26. The van der Waals surface area contributed by atoms with Gasteiger partial charge < -0.3 is 5.32 Å². The summed E-state index contributed by atoms with van der Waals surface area (Å²) in [5.41, 5.74) is 1.75. The lowest BCUT2D eigenvalue weighted by molar-refractivity contribution is 0.151. The van der Waals surface area contributed by atoms with Crippen molar-refractivity contribution in [3.05, 3.63) is 63.1 Å². The molecule has 0 saturated heterocycles. The van der Waals surface area contributed by atoms with Crippen LogP contribution in [0.25, 0.3) is 0 Å². The van der Waals surface area contributed by atoms with E-state index in [9.17, 15) is 8.78 Å². The van der Waals surface area contributed by atoms with Crippen molar-refractivity contribution in [1.82, 2.24) is 0 Å². The van der Waals surface area contributed by atoms with Crippen LogP contribution in [0.1, 0.15) is 17.6 Å². The van der Waals surface area contributed by atoms with Crippen LogP contribution in [0.4, 0.5) is 14.5 Å². The molecule has 0 spiro atoms. The van der Waals surface area contributed by atoms with Gasteiger partial charge in [-0.25, -0.2) is 8.78 Å². The first-order chi connectivity index (χ1) is 9.06. The Hall–Kier alpha value is -1.13. The molecular weight excluding hydrogens is 336 g/mol. The van der Waals surface area contributed by atoms with E-state index < -0.39 is 6.43 Å². The van der Waals surface area contributed by atoms with E-state index in [1.807, 2.05) is 12.1 Å². The number of benzene rings is 2. The lowest BCUT2D eigenvalue weighted by Gasteiger charge is -2.09. The molecular formula is C14H11BrClF2N. The first kappa shape index (κ1) is 14.3. The van der Waals surface area contributed by atoms with Crippen molar-refractivity contribution in [3.63, 3.8) is 0 Å². The number of nitrogens with one attached hydrogen (secondary N) is 1. The molecule has 1 N–H and O–H groups in total. The van der Waals surface area contributed by atoms with Gasteiger partial charge in [0.2, 0.25) is 0 Å². The molecule has 2 aromatic rings. The molecule has 0 unspecified atom stereocenters. The predicted octanol–water partition coefficient (Wildman–Crippen LogP) is 5.65. The third-order valence-electron chi connectivity index (χ3n) is 2.64. The minimum absolute atomic E-state index is 0.0317. The molecule has 0 aromatic heterocycles. The van der Waals surface area contributed by atoms with Gasteiger partial charge in [0.25, 0.3) is 6.43 Å². The Morgan fingerprint density at radius 2 is 1.79 bits per heavy atom. The van der Waals surface area contributed by atoms with Crippen LogP contribution in [0.15, 0.2) is 46.9 Å². The van der Waals surface area contributed by atoms with Gasteiger partial charge in [0.15, 0.2) is 0 Å². The summed E-state index contributed by atoms with van der Waals surface area (Å²) in [5, 5.41) is 3.79. The number of alkyl halides is 2. The Morgan fingerprint density at radius 1 is 1.11 bits per heavy atom. The second-order valence-electron chi connectivity index (χ2n) is 4.02. The molecule has 2 aromatic carbocycles. The molecule has 100 valence electrons. The van der Waals surface area contributed by atoms with Gasteiger partial charge in [-0.3, -0.25) is 0 Å². The van der Waals surface area contributed by atoms with Gasteiger partial charge in [0.1, 0.15) is 0 Å². The number of halogens is 4. The second-order valence-corrected chi connectivity index (χ2v) is 5.34. The van der Waals surface area contributed by atoms with Crippen LogP contribution in [0.3, 0.4) is 0 Å². The Bertz CT molecular complexity index is 558. The number of rotatable bonds is 4. The van der Waals surface area contributed by atoms with Crippen molar-refractivity contribution in [2.24, 2.45) is 0 Å². The normalized spacial score (nSPS) is 10.8. The zero-order chi connectivity index (χ0) is 13.8. The standard InChI is InChI=1S/C14H11BrClF2N/c15-11-5-6-12(16)13(7-11)19-8-9-1-3-10(4-2-9)14(17)18/h1-7,14,19H,8H2. The van der Waals surface area contributed by atoms with Crippen molar-refractivity contribution in [2.45, 2.75) is 13.0 Å². The van der Waals surface area contributed by atoms with Crippen molar-refractivity contribution in [3.8, 4) is 0 Å². The highest BCUT2D eigenvalue weighted by molar-refractivity contribution is 9.10. The lowest BCUT2D eigenvalue weighted by atomic mass is 10.1. The Kier molecular flexibility index (Phi) is 4.77. The third-order valence-corrected chi connectivity index (χ3v) is 3.47. The maximum absolute atomic E-state index is 12.4. The molecule has 0 atom stereocenters. The van der Waals surface area contributed by atoms with E-state index in [4.69, 9.17) is 11.6 Å². The van der Waals surface area contributed by atoms with Crippen LogP contribution in [-0.2, 0) is 6.54 Å². The largest absolute Gasteiger partial charge is 0.380 e. The maximum atomic E-state index is 12.4. The number of anilines is 1. The molecule has 0 aliphatic rings. The van der Waals surface area contributed by atoms with Gasteiger partial charge in [-0.1, -0.05) is 51.8 Å². The molecule has 0 aliphatic heterocycles. The van der Waals surface area contributed by atoms with Crippen molar-refractivity contribution >= 4 is 33.2 Å². The topological polar surface area (TPSA) is 12.0 Å². The summed E-state index contributed by atoms with van der Waals surface area (Å²) in [6.07, 6.45) is -2.43. The van der Waals surface area contributed by atoms with E-state index in [2.05, 4.69) is 21.2 Å². The van der Waals surface area contributed by atoms with Crippen LogP contribution < -0.4 is 5.32 Å². The number of hydrogen-bond donors (Lipinski definition) is 1. The smallest absolute Gasteiger partial charge is 0.263 e. The fraction of sp³-hybridized carbons (Fsp3) is 0.143. The van der Waals surface area contributed by atoms with Gasteiger partial charge in [-0.2, -0.15) is 0 Å². The fourth-order valence-corrected chi connectivity index (χ4v) is 2.16. The summed E-state index contributed by atoms with van der Waals surface area (Å²) in [7, 11) is 0. The van der Waals surface area contributed by atoms with E-state index in [1.165, 1.54) is 12.1 Å². The molecule has 0 bridgehead atoms. The molecule has 5 heteroatoms. The Balaban J connectivity index is 2.04. The summed E-state index contributed by atoms with van der Waals surface area (Å²) < 4.78 is 25.7. The minimum atomic E-state index is -2.43. The fourth-order valence-electron chi connectivity index (χ4n) is 1.61. The van der Waals surface area contributed by atoms with Crippen LogP contribution in [0.2, 0.25) is 5.02 Å². The van der Waals surface area contributed by atoms with E-state index in [0.29, 0.717) is 11.6 Å². The third kappa shape index (κ3) is 3.91. The maximum Gasteiger partial charge on any atom is 0.263 e. The zero-order valence-corrected chi connectivity index (χ0v) is 12.2. The summed E-state index contributed by atoms with van der Waals surface area (Å²) in [5.74, 6) is 0. The van der Waals surface area contributed by atoms with Gasteiger partial charge in [-0.15, -0.1) is 0 Å². The molecule has 0 heterocycles. The second kappa shape index (κ2) is 6.35. The highest BCUT2D eigenvalue weighted by Gasteiger charge is 2.06. The monoisotopic (exact) mass is 345 g/mol. The first-order valence-electron chi connectivity index (χ1n) is 5.62. The SMILES string of the molecule is FC(F)c1ccc(CNc2cc(Br)ccc2Cl)cc1. The molecule has 0 saturated carbocycles. The molecule has 1 nitrogen and oxygen atoms in total. The van der Waals surface area contributed by atoms with E-state index in [1.54, 1.807) is 18.2 Å². The Labute approximate surface area is 123 Å². The minimum Gasteiger partial charge on any atom is -0.380 e. The van der Waals surface area contributed by atoms with Crippen LogP contribution in [0.5, 0.6) is 0 Å². The average molecular weight is 347 g/mol. The van der Waals surface area contributed by atoms with Gasteiger partial charge in [0.05, 0.1) is 10.7 Å². The summed E-state index contributed by atoms with van der Waals surface area (Å²) in [6, 6.07) is 11.7. The van der Waals surface area contributed by atoms with Crippen LogP contribution >= 0.6 is 27.5 Å². The van der Waals surface area contributed by atoms with Gasteiger partial charge in [0, 0.05) is 16.6 Å². The van der Waals surface area contributed by atoms with Gasteiger partial charge in [-0.05, 0) is 23.8 Å². The molecule has 0 amide bonds. The summed E-state index contributed by atoms with van der Waals surface area (Å²) >= 11 is 9.41. The van der Waals surface area contributed by atoms with E-state index in [-0.39, 0.29) is 5.56 Å². The van der Waals surface area contributed by atoms with Crippen molar-refractivity contribution < 1.29 is 8.78 Å². The van der Waals surface area contributed by atoms with Gasteiger partial charge >= 0.3 is 0 Å². The molecule has 19 heavy (non-hydrogen) atoms. The zero-order valence-electron chi connectivity index (χ0n) is 9.84. The summed E-state index contributed by atoms with van der Waals surface area (Å²) in [6.45, 7) is 0.527. The molecule has 0 radical (unpaired) electrons.